The first kappa shape index (κ1) is 14.5. The van der Waals surface area contributed by atoms with Gasteiger partial charge in [0.2, 0.25) is 5.13 Å². The van der Waals surface area contributed by atoms with Crippen molar-refractivity contribution in [2.45, 2.75) is 20.8 Å². The van der Waals surface area contributed by atoms with Crippen molar-refractivity contribution >= 4 is 22.4 Å². The van der Waals surface area contributed by atoms with Crippen LogP contribution in [0.3, 0.4) is 0 Å². The van der Waals surface area contributed by atoms with Gasteiger partial charge in [-0.3, -0.25) is 10.1 Å². The Labute approximate surface area is 122 Å². The van der Waals surface area contributed by atoms with E-state index in [2.05, 4.69) is 36.3 Å². The van der Waals surface area contributed by atoms with Crippen LogP contribution in [0.2, 0.25) is 0 Å². The molecule has 0 atom stereocenters. The third-order valence-corrected chi connectivity index (χ3v) is 2.98. The van der Waals surface area contributed by atoms with Crippen molar-refractivity contribution in [2.75, 3.05) is 11.9 Å². The van der Waals surface area contributed by atoms with E-state index in [4.69, 9.17) is 4.74 Å². The van der Waals surface area contributed by atoms with Gasteiger partial charge in [-0.15, -0.1) is 10.2 Å². The number of carbonyl (C=O) groups is 1. The molecule has 1 amide bonds. The van der Waals surface area contributed by atoms with E-state index < -0.39 is 0 Å². The summed E-state index contributed by atoms with van der Waals surface area (Å²) < 4.78 is 5.75. The summed E-state index contributed by atoms with van der Waals surface area (Å²) in [5.74, 6) is 0.329. The lowest BCUT2D eigenvalue weighted by molar-refractivity contribution is 0.101. The van der Waals surface area contributed by atoms with E-state index in [1.54, 1.807) is 23.7 Å². The Morgan fingerprint density at radius 2 is 2.10 bits per heavy atom. The number of carbonyl (C=O) groups excluding carboxylic acids is 1. The highest BCUT2D eigenvalue weighted by Gasteiger charge is 2.16. The average molecular weight is 291 g/mol. The van der Waals surface area contributed by atoms with Crippen molar-refractivity contribution in [3.63, 3.8) is 0 Å². The molecule has 1 N–H and O–H groups in total. The van der Waals surface area contributed by atoms with E-state index in [-0.39, 0.29) is 11.3 Å². The van der Waals surface area contributed by atoms with Crippen LogP contribution >= 0.6 is 11.3 Å². The average Bonchev–Trinajstić information content (AvgIpc) is 2.88. The van der Waals surface area contributed by atoms with Crippen molar-refractivity contribution in [2.24, 2.45) is 5.41 Å². The molecule has 0 saturated carbocycles. The Hall–Kier alpha value is -1.95. The number of nitrogens with zero attached hydrogens (tertiary/aromatic N) is 2. The fourth-order valence-corrected chi connectivity index (χ4v) is 1.91. The zero-order valence-electron chi connectivity index (χ0n) is 11.7. The van der Waals surface area contributed by atoms with Crippen LogP contribution in [0, 0.1) is 5.41 Å². The van der Waals surface area contributed by atoms with Gasteiger partial charge in [-0.25, -0.2) is 0 Å². The number of ether oxygens (including phenoxy) is 1. The molecule has 0 unspecified atom stereocenters. The molecule has 0 spiro atoms. The smallest absolute Gasteiger partial charge is 0.261 e. The summed E-state index contributed by atoms with van der Waals surface area (Å²) in [6.45, 7) is 6.78. The van der Waals surface area contributed by atoms with E-state index >= 15 is 0 Å². The molecular formula is C14H17N3O2S. The van der Waals surface area contributed by atoms with Crippen molar-refractivity contribution < 1.29 is 9.53 Å². The first-order valence-corrected chi connectivity index (χ1v) is 7.13. The lowest BCUT2D eigenvalue weighted by Crippen LogP contribution is -2.19. The second-order valence-electron chi connectivity index (χ2n) is 5.54. The number of hydrogen-bond acceptors (Lipinski definition) is 5. The molecule has 2 rings (SSSR count). The molecule has 0 aliphatic carbocycles. The molecule has 0 bridgehead atoms. The second kappa shape index (κ2) is 6.00. The molecule has 0 radical (unpaired) electrons. The Morgan fingerprint density at radius 1 is 1.35 bits per heavy atom. The minimum atomic E-state index is -0.244. The molecule has 1 heterocycles. The van der Waals surface area contributed by atoms with Crippen molar-refractivity contribution in [3.05, 3.63) is 35.3 Å². The molecule has 0 aliphatic rings. The molecule has 106 valence electrons. The van der Waals surface area contributed by atoms with Crippen LogP contribution in [0.25, 0.3) is 0 Å². The Kier molecular flexibility index (Phi) is 4.34. The largest absolute Gasteiger partial charge is 0.492 e. The van der Waals surface area contributed by atoms with Crippen LogP contribution in [-0.4, -0.2) is 22.7 Å². The number of para-hydroxylation sites is 1. The number of aromatic nitrogens is 2. The normalized spacial score (nSPS) is 11.2. The maximum atomic E-state index is 12.2. The van der Waals surface area contributed by atoms with Gasteiger partial charge in [-0.05, 0) is 17.5 Å². The highest BCUT2D eigenvalue weighted by Crippen LogP contribution is 2.23. The molecule has 6 heteroatoms. The van der Waals surface area contributed by atoms with Crippen LogP contribution < -0.4 is 10.1 Å². The van der Waals surface area contributed by atoms with E-state index in [0.717, 1.165) is 0 Å². The van der Waals surface area contributed by atoms with Gasteiger partial charge in [0.1, 0.15) is 11.3 Å². The maximum absolute atomic E-state index is 12.2. The molecule has 0 saturated heterocycles. The van der Waals surface area contributed by atoms with Crippen molar-refractivity contribution in [3.8, 4) is 5.75 Å². The van der Waals surface area contributed by atoms with Crippen LogP contribution in [0.5, 0.6) is 5.75 Å². The van der Waals surface area contributed by atoms with Gasteiger partial charge in [-0.1, -0.05) is 44.2 Å². The summed E-state index contributed by atoms with van der Waals surface area (Å²) in [4.78, 5) is 12.2. The van der Waals surface area contributed by atoms with E-state index in [0.29, 0.717) is 23.1 Å². The van der Waals surface area contributed by atoms with Gasteiger partial charge >= 0.3 is 0 Å². The van der Waals surface area contributed by atoms with Gasteiger partial charge in [0, 0.05) is 0 Å². The maximum Gasteiger partial charge on any atom is 0.261 e. The first-order chi connectivity index (χ1) is 9.46. The molecule has 1 aromatic heterocycles. The lowest BCUT2D eigenvalue weighted by atomic mass is 9.98. The van der Waals surface area contributed by atoms with Gasteiger partial charge in [-0.2, -0.15) is 0 Å². The molecule has 5 nitrogen and oxygen atoms in total. The molecule has 20 heavy (non-hydrogen) atoms. The standard InChI is InChI=1S/C14H17N3O2S/c1-14(2,3)8-19-11-7-5-4-6-10(11)12(18)16-13-17-15-9-20-13/h4-7,9H,8H2,1-3H3,(H,16,17,18). The summed E-state index contributed by atoms with van der Waals surface area (Å²) in [5, 5.41) is 10.6. The van der Waals surface area contributed by atoms with E-state index in [9.17, 15) is 4.79 Å². The number of benzene rings is 1. The molecule has 1 aromatic carbocycles. The Bertz CT molecular complexity index is 576. The molecule has 0 fully saturated rings. The number of amides is 1. The van der Waals surface area contributed by atoms with Crippen molar-refractivity contribution in [1.82, 2.24) is 10.2 Å². The topological polar surface area (TPSA) is 64.1 Å². The van der Waals surface area contributed by atoms with Gasteiger partial charge in [0.25, 0.3) is 5.91 Å². The Morgan fingerprint density at radius 3 is 2.75 bits per heavy atom. The summed E-state index contributed by atoms with van der Waals surface area (Å²) in [6.07, 6.45) is 0. The lowest BCUT2D eigenvalue weighted by Gasteiger charge is -2.20. The van der Waals surface area contributed by atoms with Crippen LogP contribution in [0.15, 0.2) is 29.8 Å². The van der Waals surface area contributed by atoms with Crippen LogP contribution in [0.4, 0.5) is 5.13 Å². The molecule has 0 aliphatic heterocycles. The monoisotopic (exact) mass is 291 g/mol. The van der Waals surface area contributed by atoms with Gasteiger partial charge in [0.15, 0.2) is 0 Å². The minimum Gasteiger partial charge on any atom is -0.492 e. The first-order valence-electron chi connectivity index (χ1n) is 6.25. The third kappa shape index (κ3) is 4.03. The summed E-state index contributed by atoms with van der Waals surface area (Å²) in [5.41, 5.74) is 2.09. The fraction of sp³-hybridized carbons (Fsp3) is 0.357. The SMILES string of the molecule is CC(C)(C)COc1ccccc1C(=O)Nc1nncs1. The number of rotatable bonds is 4. The van der Waals surface area contributed by atoms with Crippen LogP contribution in [0.1, 0.15) is 31.1 Å². The molecular weight excluding hydrogens is 274 g/mol. The van der Waals surface area contributed by atoms with Gasteiger partial charge < -0.3 is 4.74 Å². The van der Waals surface area contributed by atoms with E-state index in [1.807, 2.05) is 6.07 Å². The van der Waals surface area contributed by atoms with Gasteiger partial charge in [0.05, 0.1) is 12.2 Å². The fourth-order valence-electron chi connectivity index (χ4n) is 1.47. The summed E-state index contributed by atoms with van der Waals surface area (Å²) in [6, 6.07) is 7.17. The number of hydrogen-bond donors (Lipinski definition) is 1. The number of anilines is 1. The third-order valence-electron chi connectivity index (χ3n) is 2.37. The quantitative estimate of drug-likeness (QED) is 0.939. The summed E-state index contributed by atoms with van der Waals surface area (Å²) >= 11 is 1.27. The van der Waals surface area contributed by atoms with E-state index in [1.165, 1.54) is 11.3 Å². The highest BCUT2D eigenvalue weighted by atomic mass is 32.1. The minimum absolute atomic E-state index is 0.0306. The highest BCUT2D eigenvalue weighted by molar-refractivity contribution is 7.13. The van der Waals surface area contributed by atoms with Crippen LogP contribution in [-0.2, 0) is 0 Å². The Balaban J connectivity index is 2.12. The summed E-state index contributed by atoms with van der Waals surface area (Å²) in [7, 11) is 0. The second-order valence-corrected chi connectivity index (χ2v) is 6.38. The zero-order valence-corrected chi connectivity index (χ0v) is 12.5. The predicted molar refractivity (Wildman–Crippen MR) is 79.3 cm³/mol. The van der Waals surface area contributed by atoms with Crippen molar-refractivity contribution in [1.29, 1.82) is 0 Å². The molecule has 2 aromatic rings. The number of nitrogens with one attached hydrogen (secondary N) is 1. The zero-order chi connectivity index (χ0) is 14.6. The predicted octanol–water partition coefficient (Wildman–Crippen LogP) is 3.22.